The van der Waals surface area contributed by atoms with Crippen molar-refractivity contribution in [3.05, 3.63) is 367 Å². The Morgan fingerprint density at radius 3 is 1.16 bits per heavy atom. The lowest BCUT2D eigenvalue weighted by Gasteiger charge is -2.18. The van der Waals surface area contributed by atoms with E-state index in [0.717, 1.165) is 137 Å². The van der Waals surface area contributed by atoms with Gasteiger partial charge in [-0.3, -0.25) is 33.3 Å². The predicted octanol–water partition coefficient (Wildman–Crippen LogP) is 19.9. The molecule has 6 aliphatic carbocycles. The third kappa shape index (κ3) is 17.6. The maximum atomic E-state index is 13.2. The summed E-state index contributed by atoms with van der Waals surface area (Å²) in [7, 11) is 3.78. The number of nitrogens with zero attached hydrogens (tertiary/aromatic N) is 12. The summed E-state index contributed by atoms with van der Waals surface area (Å²) in [6, 6.07) is 61.1. The van der Waals surface area contributed by atoms with Gasteiger partial charge in [0.15, 0.2) is 5.69 Å². The van der Waals surface area contributed by atoms with E-state index in [4.69, 9.17) is 46.6 Å². The zero-order valence-corrected chi connectivity index (χ0v) is 76.6. The highest BCUT2D eigenvalue weighted by Gasteiger charge is 2.59. The number of nitrogens with one attached hydrogen (secondary N) is 9. The maximum absolute atomic E-state index is 13.2. The van der Waals surface area contributed by atoms with Gasteiger partial charge in [-0.1, -0.05) is 111 Å². The second kappa shape index (κ2) is 34.9. The number of halogens is 4. The number of benzene rings is 8. The fourth-order valence-electron chi connectivity index (χ4n) is 18.6. The molecule has 672 valence electrons. The molecule has 9 aromatic heterocycles. The smallest absolute Gasteiger partial charge is 0.268 e. The Morgan fingerprint density at radius 2 is 0.776 bits per heavy atom. The number of hydrogen-bond donors (Lipinski definition) is 9. The normalized spacial score (nSPS) is 21.7. The summed E-state index contributed by atoms with van der Waals surface area (Å²) in [4.78, 5) is 80.5. The van der Waals surface area contributed by atoms with Crippen molar-refractivity contribution < 1.29 is 28.4 Å². The molecule has 23 rings (SSSR count). The highest BCUT2D eigenvalue weighted by Crippen LogP contribution is 2.56. The van der Waals surface area contributed by atoms with Crippen molar-refractivity contribution in [2.45, 2.75) is 108 Å². The van der Waals surface area contributed by atoms with Gasteiger partial charge < -0.3 is 46.5 Å². The van der Waals surface area contributed by atoms with Crippen molar-refractivity contribution in [2.75, 3.05) is 0 Å². The number of amides is 5. The summed E-state index contributed by atoms with van der Waals surface area (Å²) in [5.41, 5.74) is 16.8. The first-order valence-electron chi connectivity index (χ1n) is 44.2. The Morgan fingerprint density at radius 1 is 0.425 bits per heavy atom. The van der Waals surface area contributed by atoms with E-state index < -0.39 is 16.6 Å². The number of aryl methyl sites for hydroxylation is 3. The zero-order valence-electron chi connectivity index (χ0n) is 74.4. The number of hydrogen-bond acceptors (Lipinski definition) is 11. The molecule has 17 aromatic rings. The molecule has 10 unspecified atom stereocenters. The summed E-state index contributed by atoms with van der Waals surface area (Å²) in [5, 5.41) is 52.7. The van der Waals surface area contributed by atoms with E-state index in [9.17, 15) is 28.4 Å². The minimum Gasteiger partial charge on any atom is -0.351 e. The van der Waals surface area contributed by atoms with Crippen LogP contribution in [0.5, 0.6) is 0 Å². The van der Waals surface area contributed by atoms with Crippen LogP contribution in [0.4, 0.5) is 10.1 Å². The van der Waals surface area contributed by atoms with Crippen LogP contribution in [-0.4, -0.2) is 98.4 Å². The molecule has 8 aromatic carbocycles. The van der Waals surface area contributed by atoms with Gasteiger partial charge >= 0.3 is 0 Å². The molecular weight excluding hydrogens is 1750 g/mol. The number of carbonyl (C=O) groups excluding carboxylic acids is 5. The number of para-hydroxylation sites is 1. The Hall–Kier alpha value is -15.2. The first-order valence-corrected chi connectivity index (χ1v) is 45.3. The van der Waals surface area contributed by atoms with E-state index >= 15 is 0 Å². The summed E-state index contributed by atoms with van der Waals surface area (Å²) in [6.45, 7) is 19.8. The number of nitriles is 1. The number of aromatic nitrogens is 14. The van der Waals surface area contributed by atoms with Crippen LogP contribution in [0.25, 0.3) is 71.6 Å². The lowest BCUT2D eigenvalue weighted by molar-refractivity contribution is -0.118. The molecule has 5 saturated carbocycles. The van der Waals surface area contributed by atoms with E-state index in [1.807, 2.05) is 202 Å². The van der Waals surface area contributed by atoms with Gasteiger partial charge in [0.25, 0.3) is 23.6 Å². The summed E-state index contributed by atoms with van der Waals surface area (Å²) >= 11 is 18.1. The van der Waals surface area contributed by atoms with Crippen LogP contribution in [-0.2, 0) is 53.0 Å². The number of aromatic amines is 4. The van der Waals surface area contributed by atoms with Crippen LogP contribution in [0.15, 0.2) is 262 Å². The van der Waals surface area contributed by atoms with Crippen LogP contribution >= 0.6 is 34.8 Å². The third-order valence-corrected chi connectivity index (χ3v) is 27.8. The van der Waals surface area contributed by atoms with Gasteiger partial charge in [-0.2, -0.15) is 30.8 Å². The van der Waals surface area contributed by atoms with Gasteiger partial charge in [0, 0.05) is 144 Å². The minimum absolute atomic E-state index is 0.0243. The molecular formula is C104H93Cl3FN21O5. The first kappa shape index (κ1) is 88.1. The van der Waals surface area contributed by atoms with Gasteiger partial charge in [-0.25, -0.2) is 23.3 Å². The molecule has 0 aliphatic heterocycles. The van der Waals surface area contributed by atoms with Crippen LogP contribution < -0.4 is 26.6 Å². The van der Waals surface area contributed by atoms with Gasteiger partial charge in [0.1, 0.15) is 28.6 Å². The molecule has 30 heteroatoms. The predicted molar refractivity (Wildman–Crippen MR) is 514 cm³/mol. The van der Waals surface area contributed by atoms with Gasteiger partial charge in [0.2, 0.25) is 5.91 Å². The van der Waals surface area contributed by atoms with Gasteiger partial charge in [-0.05, 0) is 244 Å². The van der Waals surface area contributed by atoms with Crippen molar-refractivity contribution in [1.29, 1.82) is 5.26 Å². The average molecular weight is 1840 g/mol. The van der Waals surface area contributed by atoms with Crippen molar-refractivity contribution in [1.82, 2.24) is 95.4 Å². The molecule has 9 heterocycles. The van der Waals surface area contributed by atoms with Crippen LogP contribution in [0.2, 0.25) is 15.1 Å². The molecule has 0 spiro atoms. The second-order valence-corrected chi connectivity index (χ2v) is 37.6. The highest BCUT2D eigenvalue weighted by atomic mass is 35.5. The Bertz CT molecular complexity index is 7410. The largest absolute Gasteiger partial charge is 0.351 e. The summed E-state index contributed by atoms with van der Waals surface area (Å²) < 4.78 is 22.0. The number of fused-ring (bicyclic) bond motifs is 5. The SMILES string of the molecule is CC1CC1(NC(=O)c1cc2cc(C#N)ccc2[nH]1)c1cnn(-c2ccccc2)c1.CC1CC1(NC(=O)c1cc2cc(Cl)ccc2[nH]1)c1cnn(-c2ccc(Cl)cc2)c1.CC1CC1(NC(=O)c1cc2cc(Cl)ccc2[nH]1)c1cnn(-c2ccc(F)cc2)c1.Cc1ccc2[nH]c(C(=O)NC3(c4cnn(C)c4)CC3C)cc2c1.[C-]#[N+]c1ccc2c(c1)C=C(C(=O)NC1(c3cnn(C)c3)CC1C)C2. The number of rotatable bonds is 18. The summed E-state index contributed by atoms with van der Waals surface area (Å²) in [5.74, 6) is 0.925. The average Bonchev–Trinajstić information content (AvgIpc) is 1.59. The van der Waals surface area contributed by atoms with E-state index in [2.05, 4.69) is 131 Å². The molecule has 0 radical (unpaired) electrons. The molecule has 5 amide bonds. The highest BCUT2D eigenvalue weighted by molar-refractivity contribution is 6.32. The van der Waals surface area contributed by atoms with Crippen LogP contribution in [0.1, 0.15) is 159 Å². The lowest BCUT2D eigenvalue weighted by atomic mass is 10.1. The molecule has 9 N–H and O–H groups in total. The fourth-order valence-corrected chi connectivity index (χ4v) is 19.1. The van der Waals surface area contributed by atoms with E-state index in [0.29, 0.717) is 79.2 Å². The first-order chi connectivity index (χ1) is 64.5. The van der Waals surface area contributed by atoms with Crippen molar-refractivity contribution in [2.24, 2.45) is 43.7 Å². The van der Waals surface area contributed by atoms with Crippen molar-refractivity contribution in [3.8, 4) is 23.1 Å². The molecule has 5 fully saturated rings. The van der Waals surface area contributed by atoms with E-state index in [-0.39, 0.29) is 52.3 Å². The van der Waals surface area contributed by atoms with E-state index in [1.54, 1.807) is 79.5 Å². The Balaban J connectivity index is 0.000000108. The molecule has 26 nitrogen and oxygen atoms in total. The van der Waals surface area contributed by atoms with Gasteiger partial charge in [-0.15, -0.1) is 0 Å². The third-order valence-electron chi connectivity index (χ3n) is 27.1. The lowest BCUT2D eigenvalue weighted by Crippen LogP contribution is -2.37. The van der Waals surface area contributed by atoms with Crippen molar-refractivity contribution in [3.63, 3.8) is 0 Å². The number of H-pyrrole nitrogens is 4. The quantitative estimate of drug-likeness (QED) is 0.0364. The molecule has 134 heavy (non-hydrogen) atoms. The Kier molecular flexibility index (Phi) is 22.9. The van der Waals surface area contributed by atoms with E-state index in [1.165, 1.54) is 17.7 Å². The molecule has 0 saturated heterocycles. The van der Waals surface area contributed by atoms with Crippen molar-refractivity contribution >= 4 is 120 Å². The molecule has 0 bridgehead atoms. The monoisotopic (exact) mass is 1840 g/mol. The topological polar surface area (TPSA) is 326 Å². The van der Waals surface area contributed by atoms with Crippen LogP contribution in [0, 0.1) is 60.2 Å². The number of carbonyl (C=O) groups is 5. The Labute approximate surface area is 785 Å². The zero-order chi connectivity index (χ0) is 93.4. The second-order valence-electron chi connectivity index (χ2n) is 36.3. The maximum Gasteiger partial charge on any atom is 0.268 e. The minimum atomic E-state index is -0.454. The standard InChI is InChI=1S/C23H19N5O.C22H18Cl2N4O.C22H18ClFN4O.C19H18N4O.C18H20N4O/c1-15-11-23(15,18-13-25-28(14-18)19-5-3-2-4-6-19)27-22(29)21-10-17-9-16(12-24)7-8-20(17)26-21;1-13-10-22(13,15-11-25-28(12-15)18-5-2-16(23)3-6-18)27-21(29)20-9-14-8-17(24)4-7-19(14)26-20;1-13-10-22(13,15-11-25-28(12-15)18-5-3-17(24)4-6-18)27-21(29)20-9-14-8-16(23)2-7-19(14)26-20;1-12-9-19(12,16-10-21-23(3)11-16)22-18(24)15-6-13-4-5-17(20-2)8-14(13)7-15;1-11-4-5-15-13(6-11)7-16(20-15)17(23)21-18(8-12(18)2)14-9-19-22(3)10-14/h2-10,13-15,26H,11H2,1H3,(H,27,29);2*2-9,11-13,26H,10H2,1H3,(H,27,29);4-5,7-8,10-12H,6,9H2,1,3H3,(H,22,24);4-7,9-10,12,20H,8H2,1-3H3,(H,21,23). The van der Waals surface area contributed by atoms with Crippen LogP contribution in [0.3, 0.4) is 0 Å². The fraction of sp³-hybridized carbons (Fsp3) is 0.231. The summed E-state index contributed by atoms with van der Waals surface area (Å²) in [6.07, 6.45) is 25.9. The molecule has 6 aliphatic rings. The molecule has 10 atom stereocenters. The van der Waals surface area contributed by atoms with Gasteiger partial charge in [0.05, 0.1) is 93.9 Å².